The Bertz CT molecular complexity index is 747. The highest BCUT2D eigenvalue weighted by atomic mass is 16.5. The molecule has 1 aromatic rings. The first-order valence-corrected chi connectivity index (χ1v) is 9.68. The van der Waals surface area contributed by atoms with Gasteiger partial charge in [0.2, 0.25) is 17.7 Å². The summed E-state index contributed by atoms with van der Waals surface area (Å²) in [5.74, 6) is -0.101. The van der Waals surface area contributed by atoms with E-state index in [1.165, 1.54) is 14.2 Å². The van der Waals surface area contributed by atoms with E-state index in [9.17, 15) is 14.4 Å². The molecule has 2 heterocycles. The summed E-state index contributed by atoms with van der Waals surface area (Å²) in [5, 5.41) is 0. The number of carbonyl (C=O) groups is 3. The molecule has 3 rings (SSSR count). The average Bonchev–Trinajstić information content (AvgIpc) is 2.92. The predicted octanol–water partition coefficient (Wildman–Crippen LogP) is 2.50. The van der Waals surface area contributed by atoms with E-state index in [1.54, 1.807) is 12.1 Å². The zero-order chi connectivity index (χ0) is 19.6. The van der Waals surface area contributed by atoms with E-state index in [0.29, 0.717) is 11.3 Å². The molecule has 0 N–H and O–H groups in total. The van der Waals surface area contributed by atoms with E-state index in [4.69, 9.17) is 4.74 Å². The molecule has 0 aliphatic carbocycles. The number of ether oxygens (including phenoxy) is 1. The van der Waals surface area contributed by atoms with Gasteiger partial charge in [-0.3, -0.25) is 19.3 Å². The third-order valence-corrected chi connectivity index (χ3v) is 6.04. The average molecular weight is 372 g/mol. The molecule has 2 saturated heterocycles. The highest BCUT2D eigenvalue weighted by Gasteiger charge is 2.54. The summed E-state index contributed by atoms with van der Waals surface area (Å²) >= 11 is 0. The number of benzene rings is 1. The van der Waals surface area contributed by atoms with Crippen LogP contribution < -0.4 is 4.74 Å². The topological polar surface area (TPSA) is 66.9 Å². The van der Waals surface area contributed by atoms with Crippen LogP contribution in [0.3, 0.4) is 0 Å². The van der Waals surface area contributed by atoms with Crippen molar-refractivity contribution in [3.8, 4) is 5.75 Å². The van der Waals surface area contributed by atoms with Gasteiger partial charge in [0.1, 0.15) is 5.75 Å². The van der Waals surface area contributed by atoms with E-state index in [0.717, 1.165) is 37.1 Å². The lowest BCUT2D eigenvalue weighted by Gasteiger charge is -2.38. The van der Waals surface area contributed by atoms with Crippen molar-refractivity contribution in [2.45, 2.75) is 56.9 Å². The molecule has 0 spiro atoms. The molecule has 146 valence electrons. The number of rotatable bonds is 5. The molecule has 0 bridgehead atoms. The first kappa shape index (κ1) is 19.4. The summed E-state index contributed by atoms with van der Waals surface area (Å²) in [6.07, 6.45) is 4.01. The van der Waals surface area contributed by atoms with Crippen LogP contribution in [0.15, 0.2) is 24.3 Å². The van der Waals surface area contributed by atoms with E-state index in [1.807, 2.05) is 17.0 Å². The summed E-state index contributed by atoms with van der Waals surface area (Å²) in [6, 6.07) is 7.42. The van der Waals surface area contributed by atoms with Crippen molar-refractivity contribution in [1.82, 2.24) is 9.80 Å². The molecule has 0 aromatic heterocycles. The lowest BCUT2D eigenvalue weighted by Crippen LogP contribution is -2.48. The number of imide groups is 1. The molecule has 2 fully saturated rings. The Labute approximate surface area is 160 Å². The van der Waals surface area contributed by atoms with Gasteiger partial charge in [-0.15, -0.1) is 0 Å². The van der Waals surface area contributed by atoms with Gasteiger partial charge in [-0.05, 0) is 31.7 Å². The monoisotopic (exact) mass is 372 g/mol. The van der Waals surface area contributed by atoms with Crippen LogP contribution in [-0.2, 0) is 19.8 Å². The minimum Gasteiger partial charge on any atom is -0.496 e. The van der Waals surface area contributed by atoms with E-state index < -0.39 is 5.41 Å². The third kappa shape index (κ3) is 3.33. The Kier molecular flexibility index (Phi) is 5.53. The van der Waals surface area contributed by atoms with Crippen LogP contribution in [0.5, 0.6) is 5.75 Å². The summed E-state index contributed by atoms with van der Waals surface area (Å²) in [7, 11) is 3.03. The number of carbonyl (C=O) groups excluding carboxylic acids is 3. The molecule has 1 aromatic carbocycles. The van der Waals surface area contributed by atoms with Crippen LogP contribution in [0.4, 0.5) is 0 Å². The summed E-state index contributed by atoms with van der Waals surface area (Å²) in [6.45, 7) is 2.81. The summed E-state index contributed by atoms with van der Waals surface area (Å²) < 4.78 is 5.46. The second-order valence-corrected chi connectivity index (χ2v) is 7.54. The Morgan fingerprint density at radius 3 is 2.63 bits per heavy atom. The van der Waals surface area contributed by atoms with Crippen molar-refractivity contribution >= 4 is 17.7 Å². The number of para-hydroxylation sites is 1. The van der Waals surface area contributed by atoms with Crippen molar-refractivity contribution in [2.75, 3.05) is 20.7 Å². The number of piperidine rings is 1. The number of methoxy groups -OCH3 is 1. The highest BCUT2D eigenvalue weighted by Crippen LogP contribution is 2.44. The quantitative estimate of drug-likeness (QED) is 0.745. The first-order chi connectivity index (χ1) is 12.9. The van der Waals surface area contributed by atoms with E-state index in [-0.39, 0.29) is 36.6 Å². The molecule has 0 saturated carbocycles. The van der Waals surface area contributed by atoms with Crippen LogP contribution in [0.1, 0.15) is 51.0 Å². The van der Waals surface area contributed by atoms with Gasteiger partial charge in [0.15, 0.2) is 0 Å². The maximum Gasteiger partial charge on any atom is 0.240 e. The molecule has 2 aliphatic heterocycles. The molecule has 3 amide bonds. The van der Waals surface area contributed by atoms with Crippen molar-refractivity contribution in [3.63, 3.8) is 0 Å². The number of likely N-dealkylation sites (N-methyl/N-ethyl adjacent to an activating group) is 1. The summed E-state index contributed by atoms with van der Waals surface area (Å²) in [5.41, 5.74) is -0.570. The van der Waals surface area contributed by atoms with Gasteiger partial charge in [-0.2, -0.15) is 0 Å². The van der Waals surface area contributed by atoms with Crippen LogP contribution in [0, 0.1) is 0 Å². The Hall–Kier alpha value is -2.37. The highest BCUT2D eigenvalue weighted by molar-refractivity contribution is 6.10. The SMILES string of the molecule is CCC1CCCCN1C(=O)CC1(c2ccccc2OC)CC(=O)N(C)C1=O. The van der Waals surface area contributed by atoms with Crippen LogP contribution in [0.25, 0.3) is 0 Å². The Morgan fingerprint density at radius 1 is 1.26 bits per heavy atom. The van der Waals surface area contributed by atoms with Gasteiger partial charge in [0.05, 0.1) is 12.5 Å². The molecule has 2 aliphatic rings. The minimum absolute atomic E-state index is 0.000914. The fraction of sp³-hybridized carbons (Fsp3) is 0.571. The first-order valence-electron chi connectivity index (χ1n) is 9.68. The molecule has 6 nitrogen and oxygen atoms in total. The fourth-order valence-corrected chi connectivity index (χ4v) is 4.48. The Morgan fingerprint density at radius 2 is 2.00 bits per heavy atom. The maximum absolute atomic E-state index is 13.3. The van der Waals surface area contributed by atoms with E-state index in [2.05, 4.69) is 6.92 Å². The molecule has 0 radical (unpaired) electrons. The maximum atomic E-state index is 13.3. The van der Waals surface area contributed by atoms with Crippen molar-refractivity contribution in [2.24, 2.45) is 0 Å². The number of hydrogen-bond acceptors (Lipinski definition) is 4. The van der Waals surface area contributed by atoms with E-state index >= 15 is 0 Å². The lowest BCUT2D eigenvalue weighted by molar-refractivity contribution is -0.143. The minimum atomic E-state index is -1.19. The summed E-state index contributed by atoms with van der Waals surface area (Å²) in [4.78, 5) is 41.9. The molecule has 27 heavy (non-hydrogen) atoms. The molecular formula is C21H28N2O4. The van der Waals surface area contributed by atoms with Gasteiger partial charge < -0.3 is 9.64 Å². The molecule has 6 heteroatoms. The van der Waals surface area contributed by atoms with Crippen molar-refractivity contribution in [1.29, 1.82) is 0 Å². The van der Waals surface area contributed by atoms with Crippen molar-refractivity contribution < 1.29 is 19.1 Å². The third-order valence-electron chi connectivity index (χ3n) is 6.04. The number of nitrogens with zero attached hydrogens (tertiary/aromatic N) is 2. The zero-order valence-corrected chi connectivity index (χ0v) is 16.4. The molecule has 2 unspecified atom stereocenters. The van der Waals surface area contributed by atoms with Gasteiger partial charge >= 0.3 is 0 Å². The molecule has 2 atom stereocenters. The standard InChI is InChI=1S/C21H28N2O4/c1-4-15-9-7-8-12-23(15)19(25)14-21(13-18(24)22(2)20(21)26)16-10-5-6-11-17(16)27-3/h5-6,10-11,15H,4,7-9,12-14H2,1-3H3. The zero-order valence-electron chi connectivity index (χ0n) is 16.4. The number of amides is 3. The van der Waals surface area contributed by atoms with Gasteiger partial charge in [0.25, 0.3) is 0 Å². The van der Waals surface area contributed by atoms with Crippen LogP contribution in [-0.4, -0.2) is 54.3 Å². The van der Waals surface area contributed by atoms with Crippen molar-refractivity contribution in [3.05, 3.63) is 29.8 Å². The second kappa shape index (κ2) is 7.71. The van der Waals surface area contributed by atoms with Crippen LogP contribution >= 0.6 is 0 Å². The van der Waals surface area contributed by atoms with Gasteiger partial charge in [-0.1, -0.05) is 25.1 Å². The number of likely N-dealkylation sites (tertiary alicyclic amines) is 2. The van der Waals surface area contributed by atoms with Crippen LogP contribution in [0.2, 0.25) is 0 Å². The Balaban J connectivity index is 2.00. The lowest BCUT2D eigenvalue weighted by atomic mass is 9.75. The second-order valence-electron chi connectivity index (χ2n) is 7.54. The largest absolute Gasteiger partial charge is 0.496 e. The number of hydrogen-bond donors (Lipinski definition) is 0. The predicted molar refractivity (Wildman–Crippen MR) is 101 cm³/mol. The smallest absolute Gasteiger partial charge is 0.240 e. The fourth-order valence-electron chi connectivity index (χ4n) is 4.48. The van der Waals surface area contributed by atoms with Gasteiger partial charge in [-0.25, -0.2) is 0 Å². The normalized spacial score (nSPS) is 25.8. The van der Waals surface area contributed by atoms with Gasteiger partial charge in [0, 0.05) is 38.0 Å². The molecular weight excluding hydrogens is 344 g/mol.